The smallest absolute Gasteiger partial charge is 0.319 e. The van der Waals surface area contributed by atoms with Crippen LogP contribution in [-0.4, -0.2) is 25.8 Å². The van der Waals surface area contributed by atoms with E-state index in [0.717, 1.165) is 9.26 Å². The molecule has 2 amide bonds. The summed E-state index contributed by atoms with van der Waals surface area (Å²) in [7, 11) is 1.61. The number of carbonyl (C=O) groups is 1. The highest BCUT2D eigenvalue weighted by Gasteiger charge is 2.06. The van der Waals surface area contributed by atoms with Gasteiger partial charge < -0.3 is 15.4 Å². The molecule has 0 aromatic heterocycles. The maximum atomic E-state index is 11.5. The molecule has 0 saturated heterocycles. The van der Waals surface area contributed by atoms with Crippen molar-refractivity contribution in [1.29, 1.82) is 0 Å². The quantitative estimate of drug-likeness (QED) is 0.831. The Bertz CT molecular complexity index is 340. The molecule has 0 fully saturated rings. The molecular weight excluding hydrogens is 319 g/mol. The molecule has 88 valence electrons. The first-order chi connectivity index (χ1) is 7.61. The second-order valence-electron chi connectivity index (χ2n) is 3.46. The van der Waals surface area contributed by atoms with E-state index in [1.54, 1.807) is 7.11 Å². The van der Waals surface area contributed by atoms with Gasteiger partial charge in [0.15, 0.2) is 0 Å². The number of amides is 2. The average molecular weight is 334 g/mol. The third-order valence-corrected chi connectivity index (χ3v) is 2.62. The molecule has 0 heterocycles. The molecule has 0 bridgehead atoms. The topological polar surface area (TPSA) is 50.4 Å². The van der Waals surface area contributed by atoms with Crippen molar-refractivity contribution in [3.8, 4) is 0 Å². The van der Waals surface area contributed by atoms with Crippen molar-refractivity contribution in [3.05, 3.63) is 27.8 Å². The van der Waals surface area contributed by atoms with E-state index in [-0.39, 0.29) is 12.1 Å². The Kier molecular flexibility index (Phi) is 5.54. The van der Waals surface area contributed by atoms with Crippen LogP contribution in [0.5, 0.6) is 0 Å². The highest BCUT2D eigenvalue weighted by Crippen LogP contribution is 2.10. The standard InChI is InChI=1S/C11H15IN2O2/c1-8(7-16-2)13-11(15)14-10-5-3-9(12)4-6-10/h3-6,8H,7H2,1-2H3,(H2,13,14,15). The molecule has 0 saturated carbocycles. The van der Waals surface area contributed by atoms with Gasteiger partial charge in [-0.25, -0.2) is 4.79 Å². The number of carbonyl (C=O) groups excluding carboxylic acids is 1. The zero-order valence-electron chi connectivity index (χ0n) is 9.29. The first kappa shape index (κ1) is 13.2. The molecular formula is C11H15IN2O2. The molecule has 0 aliphatic carbocycles. The SMILES string of the molecule is COCC(C)NC(=O)Nc1ccc(I)cc1. The van der Waals surface area contributed by atoms with Gasteiger partial charge >= 0.3 is 6.03 Å². The number of hydrogen-bond acceptors (Lipinski definition) is 2. The lowest BCUT2D eigenvalue weighted by molar-refractivity contribution is 0.173. The summed E-state index contributed by atoms with van der Waals surface area (Å²) in [6.45, 7) is 2.39. The first-order valence-electron chi connectivity index (χ1n) is 4.94. The van der Waals surface area contributed by atoms with Gasteiger partial charge in [0.05, 0.1) is 12.6 Å². The predicted octanol–water partition coefficient (Wildman–Crippen LogP) is 2.45. The molecule has 0 aliphatic rings. The van der Waals surface area contributed by atoms with E-state index in [1.165, 1.54) is 0 Å². The highest BCUT2D eigenvalue weighted by atomic mass is 127. The van der Waals surface area contributed by atoms with Crippen molar-refractivity contribution < 1.29 is 9.53 Å². The van der Waals surface area contributed by atoms with Crippen LogP contribution in [0.4, 0.5) is 10.5 Å². The Morgan fingerprint density at radius 3 is 2.62 bits per heavy atom. The van der Waals surface area contributed by atoms with Crippen LogP contribution in [0.2, 0.25) is 0 Å². The van der Waals surface area contributed by atoms with Crippen LogP contribution in [-0.2, 0) is 4.74 Å². The van der Waals surface area contributed by atoms with E-state index in [9.17, 15) is 4.79 Å². The maximum Gasteiger partial charge on any atom is 0.319 e. The van der Waals surface area contributed by atoms with E-state index >= 15 is 0 Å². The third-order valence-electron chi connectivity index (χ3n) is 1.90. The largest absolute Gasteiger partial charge is 0.383 e. The minimum Gasteiger partial charge on any atom is -0.383 e. The lowest BCUT2D eigenvalue weighted by atomic mass is 10.3. The van der Waals surface area contributed by atoms with Gasteiger partial charge in [-0.3, -0.25) is 0 Å². The molecule has 16 heavy (non-hydrogen) atoms. The lowest BCUT2D eigenvalue weighted by Crippen LogP contribution is -2.38. The van der Waals surface area contributed by atoms with Gasteiger partial charge in [-0.1, -0.05) is 0 Å². The number of benzene rings is 1. The average Bonchev–Trinajstić information content (AvgIpc) is 2.21. The molecule has 1 atom stereocenters. The van der Waals surface area contributed by atoms with E-state index in [2.05, 4.69) is 33.2 Å². The molecule has 4 nitrogen and oxygen atoms in total. The van der Waals surface area contributed by atoms with Crippen molar-refractivity contribution in [1.82, 2.24) is 5.32 Å². The Morgan fingerprint density at radius 1 is 1.44 bits per heavy atom. The van der Waals surface area contributed by atoms with E-state index < -0.39 is 0 Å². The number of anilines is 1. The molecule has 0 spiro atoms. The Morgan fingerprint density at radius 2 is 2.06 bits per heavy atom. The van der Waals surface area contributed by atoms with Gasteiger partial charge in [-0.15, -0.1) is 0 Å². The van der Waals surface area contributed by atoms with Crippen LogP contribution in [0.25, 0.3) is 0 Å². The Labute approximate surface area is 109 Å². The van der Waals surface area contributed by atoms with Crippen LogP contribution in [0.15, 0.2) is 24.3 Å². The van der Waals surface area contributed by atoms with Crippen molar-refractivity contribution >= 4 is 34.3 Å². The summed E-state index contributed by atoms with van der Waals surface area (Å²) < 4.78 is 6.06. The van der Waals surface area contributed by atoms with Crippen LogP contribution >= 0.6 is 22.6 Å². The molecule has 1 unspecified atom stereocenters. The van der Waals surface area contributed by atoms with Gasteiger partial charge in [0.2, 0.25) is 0 Å². The summed E-state index contributed by atoms with van der Waals surface area (Å²) in [5, 5.41) is 5.52. The Balaban J connectivity index is 2.42. The second kappa shape index (κ2) is 6.70. The van der Waals surface area contributed by atoms with Crippen LogP contribution < -0.4 is 10.6 Å². The monoisotopic (exact) mass is 334 g/mol. The molecule has 0 aliphatic heterocycles. The van der Waals surface area contributed by atoms with Crippen LogP contribution in [0.3, 0.4) is 0 Å². The normalized spacial score (nSPS) is 11.9. The van der Waals surface area contributed by atoms with Crippen molar-refractivity contribution in [2.45, 2.75) is 13.0 Å². The van der Waals surface area contributed by atoms with Gasteiger partial charge in [0, 0.05) is 16.4 Å². The molecule has 1 rings (SSSR count). The number of ether oxygens (including phenoxy) is 1. The van der Waals surface area contributed by atoms with Gasteiger partial charge in [0.1, 0.15) is 0 Å². The lowest BCUT2D eigenvalue weighted by Gasteiger charge is -2.13. The Hall–Kier alpha value is -0.820. The summed E-state index contributed by atoms with van der Waals surface area (Å²) in [6.07, 6.45) is 0. The molecule has 5 heteroatoms. The third kappa shape index (κ3) is 4.80. The van der Waals surface area contributed by atoms with Crippen LogP contribution in [0, 0.1) is 3.57 Å². The molecule has 0 radical (unpaired) electrons. The predicted molar refractivity (Wildman–Crippen MR) is 72.7 cm³/mol. The number of urea groups is 1. The van der Waals surface area contributed by atoms with Crippen molar-refractivity contribution in [3.63, 3.8) is 0 Å². The van der Waals surface area contributed by atoms with Gasteiger partial charge in [-0.05, 0) is 53.8 Å². The summed E-state index contributed by atoms with van der Waals surface area (Å²) in [4.78, 5) is 11.5. The van der Waals surface area contributed by atoms with Crippen molar-refractivity contribution in [2.24, 2.45) is 0 Å². The fourth-order valence-electron chi connectivity index (χ4n) is 1.22. The minimum absolute atomic E-state index is 0.00570. The second-order valence-corrected chi connectivity index (χ2v) is 4.71. The van der Waals surface area contributed by atoms with E-state index in [4.69, 9.17) is 4.74 Å². The highest BCUT2D eigenvalue weighted by molar-refractivity contribution is 14.1. The first-order valence-corrected chi connectivity index (χ1v) is 6.01. The summed E-state index contributed by atoms with van der Waals surface area (Å²) >= 11 is 2.22. The summed E-state index contributed by atoms with van der Waals surface area (Å²) in [5.41, 5.74) is 0.780. The zero-order chi connectivity index (χ0) is 12.0. The van der Waals surface area contributed by atoms with Gasteiger partial charge in [-0.2, -0.15) is 0 Å². The van der Waals surface area contributed by atoms with Crippen molar-refractivity contribution in [2.75, 3.05) is 19.0 Å². The zero-order valence-corrected chi connectivity index (χ0v) is 11.4. The number of nitrogens with one attached hydrogen (secondary N) is 2. The van der Waals surface area contributed by atoms with E-state index in [0.29, 0.717) is 6.61 Å². The molecule has 1 aromatic rings. The molecule has 1 aromatic carbocycles. The number of rotatable bonds is 4. The van der Waals surface area contributed by atoms with Crippen LogP contribution in [0.1, 0.15) is 6.92 Å². The fraction of sp³-hybridized carbons (Fsp3) is 0.364. The number of halogens is 1. The van der Waals surface area contributed by atoms with Gasteiger partial charge in [0.25, 0.3) is 0 Å². The fourth-order valence-corrected chi connectivity index (χ4v) is 1.58. The number of methoxy groups -OCH3 is 1. The summed E-state index contributed by atoms with van der Waals surface area (Å²) in [5.74, 6) is 0. The molecule has 2 N–H and O–H groups in total. The van der Waals surface area contributed by atoms with E-state index in [1.807, 2.05) is 31.2 Å². The minimum atomic E-state index is -0.217. The maximum absolute atomic E-state index is 11.5. The summed E-state index contributed by atoms with van der Waals surface area (Å²) in [6, 6.07) is 7.38. The number of hydrogen-bond donors (Lipinski definition) is 2.